The summed E-state index contributed by atoms with van der Waals surface area (Å²) in [7, 11) is -3.83. The Hall–Kier alpha value is -2.96. The van der Waals surface area contributed by atoms with Gasteiger partial charge in [0.2, 0.25) is 0 Å². The molecule has 0 fully saturated rings. The van der Waals surface area contributed by atoms with E-state index in [-0.39, 0.29) is 17.1 Å². The molecule has 1 unspecified atom stereocenters. The van der Waals surface area contributed by atoms with Crippen molar-refractivity contribution in [2.75, 3.05) is 0 Å². The second-order valence-corrected chi connectivity index (χ2v) is 8.13. The van der Waals surface area contributed by atoms with Gasteiger partial charge in [-0.05, 0) is 42.3 Å². The lowest BCUT2D eigenvalue weighted by Gasteiger charge is -2.22. The van der Waals surface area contributed by atoms with Crippen molar-refractivity contribution in [3.05, 3.63) is 102 Å². The molecule has 28 heavy (non-hydrogen) atoms. The van der Waals surface area contributed by atoms with Crippen LogP contribution in [0.25, 0.3) is 0 Å². The first-order valence-electron chi connectivity index (χ1n) is 8.67. The third-order valence-corrected chi connectivity index (χ3v) is 5.44. The fourth-order valence-electron chi connectivity index (χ4n) is 2.79. The summed E-state index contributed by atoms with van der Waals surface area (Å²) in [5.74, 6) is -0.638. The summed E-state index contributed by atoms with van der Waals surface area (Å²) < 4.78 is 29.5. The van der Waals surface area contributed by atoms with E-state index in [1.807, 2.05) is 0 Å². The van der Waals surface area contributed by atoms with Crippen LogP contribution in [0.5, 0.6) is 5.75 Å². The lowest BCUT2D eigenvalue weighted by atomic mass is 9.88. The van der Waals surface area contributed by atoms with Gasteiger partial charge < -0.3 is 9.29 Å². The van der Waals surface area contributed by atoms with Gasteiger partial charge in [-0.2, -0.15) is 8.42 Å². The van der Waals surface area contributed by atoms with Crippen LogP contribution in [0.15, 0.2) is 84.9 Å². The van der Waals surface area contributed by atoms with E-state index >= 15 is 0 Å². The Bertz CT molecular complexity index is 1040. The molecule has 144 valence electrons. The molecule has 0 heterocycles. The quantitative estimate of drug-likeness (QED) is 0.487. The summed E-state index contributed by atoms with van der Waals surface area (Å²) in [5.41, 5.74) is -0.344. The molecule has 1 atom stereocenters. The van der Waals surface area contributed by atoms with Crippen molar-refractivity contribution in [2.24, 2.45) is 0 Å². The van der Waals surface area contributed by atoms with Crippen LogP contribution in [0, 0.1) is 0 Å². The van der Waals surface area contributed by atoms with Gasteiger partial charge in [-0.1, -0.05) is 60.7 Å². The Morgan fingerprint density at radius 3 is 2.00 bits per heavy atom. The third-order valence-electron chi connectivity index (χ3n) is 4.30. The van der Waals surface area contributed by atoms with Crippen LogP contribution in [-0.4, -0.2) is 19.3 Å². The van der Waals surface area contributed by atoms with Crippen molar-refractivity contribution in [1.82, 2.24) is 0 Å². The van der Waals surface area contributed by atoms with Gasteiger partial charge in [0.05, 0.1) is 0 Å². The molecule has 0 bridgehead atoms. The predicted molar refractivity (Wildman–Crippen MR) is 106 cm³/mol. The lowest BCUT2D eigenvalue weighted by molar-refractivity contribution is 0.0392. The number of ketones is 1. The summed E-state index contributed by atoms with van der Waals surface area (Å²) in [6.07, 6.45) is 0. The number of carbonyl (C=O) groups excluding carboxylic acids is 1. The number of Topliss-reactive ketones (excluding diaryl/α,β-unsaturated/α-hetero) is 1. The van der Waals surface area contributed by atoms with E-state index < -0.39 is 21.5 Å². The fraction of sp³-hybridized carbons (Fsp3) is 0.136. The van der Waals surface area contributed by atoms with Gasteiger partial charge in [0.15, 0.2) is 5.78 Å². The molecular formula is C22H20O5S. The van der Waals surface area contributed by atoms with Gasteiger partial charge in [-0.25, -0.2) is 0 Å². The summed E-state index contributed by atoms with van der Waals surface area (Å²) in [6, 6.07) is 23.0. The molecular weight excluding hydrogens is 376 g/mol. The maximum Gasteiger partial charge on any atom is 0.313 e. The number of hydrogen-bond donors (Lipinski definition) is 1. The minimum absolute atomic E-state index is 0.104. The van der Waals surface area contributed by atoms with Crippen molar-refractivity contribution in [1.29, 1.82) is 0 Å². The highest BCUT2D eigenvalue weighted by atomic mass is 32.2. The molecule has 1 N–H and O–H groups in total. The van der Waals surface area contributed by atoms with Crippen LogP contribution in [0.2, 0.25) is 0 Å². The zero-order valence-corrected chi connectivity index (χ0v) is 16.1. The summed E-state index contributed by atoms with van der Waals surface area (Å²) in [5, 5.41) is 10.7. The lowest BCUT2D eigenvalue weighted by Crippen LogP contribution is -2.32. The van der Waals surface area contributed by atoms with E-state index in [0.717, 1.165) is 0 Å². The van der Waals surface area contributed by atoms with Crippen LogP contribution >= 0.6 is 0 Å². The standard InChI is InChI=1S/C22H20O5S/c1-22(24,19-10-6-3-7-11-19)21(23)18-12-14-20(15-13-18)27-28(25,26)16-17-8-4-2-5-9-17/h2-15,24H,16H2,1H3. The maximum atomic E-state index is 12.7. The monoisotopic (exact) mass is 396 g/mol. The normalized spacial score (nSPS) is 13.5. The molecule has 3 aromatic carbocycles. The third kappa shape index (κ3) is 4.65. The summed E-state index contributed by atoms with van der Waals surface area (Å²) in [4.78, 5) is 12.7. The van der Waals surface area contributed by atoms with Crippen LogP contribution in [0.4, 0.5) is 0 Å². The summed E-state index contributed by atoms with van der Waals surface area (Å²) in [6.45, 7) is 1.43. The SMILES string of the molecule is CC(O)(C(=O)c1ccc(OS(=O)(=O)Cc2ccccc2)cc1)c1ccccc1. The van der Waals surface area contributed by atoms with Crippen LogP contribution in [0.1, 0.15) is 28.4 Å². The van der Waals surface area contributed by atoms with E-state index in [0.29, 0.717) is 11.1 Å². The molecule has 3 aromatic rings. The van der Waals surface area contributed by atoms with Crippen molar-refractivity contribution >= 4 is 15.9 Å². The van der Waals surface area contributed by atoms with Crippen molar-refractivity contribution in [2.45, 2.75) is 18.3 Å². The highest BCUT2D eigenvalue weighted by molar-refractivity contribution is 7.86. The molecule has 0 amide bonds. The van der Waals surface area contributed by atoms with E-state index in [9.17, 15) is 18.3 Å². The molecule has 0 saturated carbocycles. The summed E-state index contributed by atoms with van der Waals surface area (Å²) >= 11 is 0. The zero-order valence-electron chi connectivity index (χ0n) is 15.3. The average molecular weight is 396 g/mol. The Morgan fingerprint density at radius 1 is 0.893 bits per heavy atom. The fourth-order valence-corrected chi connectivity index (χ4v) is 3.86. The first kappa shape index (κ1) is 19.8. The maximum absolute atomic E-state index is 12.7. The average Bonchev–Trinajstić information content (AvgIpc) is 2.69. The Balaban J connectivity index is 1.73. The van der Waals surface area contributed by atoms with Gasteiger partial charge >= 0.3 is 10.1 Å². The second kappa shape index (κ2) is 7.96. The molecule has 0 radical (unpaired) electrons. The zero-order chi connectivity index (χ0) is 20.2. The Labute approximate surface area is 164 Å². The predicted octanol–water partition coefficient (Wildman–Crippen LogP) is 3.69. The van der Waals surface area contributed by atoms with Crippen molar-refractivity contribution in [3.8, 4) is 5.75 Å². The molecule has 0 aliphatic carbocycles. The van der Waals surface area contributed by atoms with Gasteiger partial charge in [0.25, 0.3) is 0 Å². The Morgan fingerprint density at radius 2 is 1.43 bits per heavy atom. The molecule has 0 saturated heterocycles. The number of benzene rings is 3. The molecule has 0 aliphatic rings. The number of aliphatic hydroxyl groups is 1. The Kier molecular flexibility index (Phi) is 5.63. The number of hydrogen-bond acceptors (Lipinski definition) is 5. The first-order valence-corrected chi connectivity index (χ1v) is 10.2. The van der Waals surface area contributed by atoms with Crippen LogP contribution in [0.3, 0.4) is 0 Å². The van der Waals surface area contributed by atoms with E-state index in [4.69, 9.17) is 4.18 Å². The van der Waals surface area contributed by atoms with Gasteiger partial charge in [-0.3, -0.25) is 4.79 Å². The highest BCUT2D eigenvalue weighted by Crippen LogP contribution is 2.26. The second-order valence-electron chi connectivity index (χ2n) is 6.56. The van der Waals surface area contributed by atoms with E-state index in [1.165, 1.54) is 31.2 Å². The van der Waals surface area contributed by atoms with Gasteiger partial charge in [0.1, 0.15) is 17.1 Å². The topological polar surface area (TPSA) is 80.7 Å². The number of carbonyl (C=O) groups is 1. The first-order chi connectivity index (χ1) is 13.3. The minimum Gasteiger partial charge on any atom is -0.382 e. The minimum atomic E-state index is -3.83. The van der Waals surface area contributed by atoms with Gasteiger partial charge in [-0.15, -0.1) is 0 Å². The highest BCUT2D eigenvalue weighted by Gasteiger charge is 2.33. The van der Waals surface area contributed by atoms with Crippen molar-refractivity contribution < 1.29 is 22.5 Å². The smallest absolute Gasteiger partial charge is 0.313 e. The molecule has 6 heteroatoms. The molecule has 0 spiro atoms. The van der Waals surface area contributed by atoms with Crippen molar-refractivity contribution in [3.63, 3.8) is 0 Å². The van der Waals surface area contributed by atoms with Crippen LogP contribution < -0.4 is 4.18 Å². The van der Waals surface area contributed by atoms with E-state index in [2.05, 4.69) is 0 Å². The van der Waals surface area contributed by atoms with Gasteiger partial charge in [0, 0.05) is 5.56 Å². The van der Waals surface area contributed by atoms with Crippen LogP contribution in [-0.2, 0) is 21.5 Å². The number of rotatable bonds is 7. The molecule has 5 nitrogen and oxygen atoms in total. The molecule has 3 rings (SSSR count). The molecule has 0 aliphatic heterocycles. The largest absolute Gasteiger partial charge is 0.382 e. The van der Waals surface area contributed by atoms with E-state index in [1.54, 1.807) is 60.7 Å². The molecule has 0 aromatic heterocycles.